The first kappa shape index (κ1) is 12.2. The molecule has 0 amide bonds. The number of carbonyl (C=O) groups excluding carboxylic acids is 1. The molecule has 0 saturated heterocycles. The van der Waals surface area contributed by atoms with Gasteiger partial charge in [0.2, 0.25) is 0 Å². The maximum atomic E-state index is 11.4. The second-order valence-corrected chi connectivity index (χ2v) is 5.39. The minimum absolute atomic E-state index is 0.0204. The maximum Gasteiger partial charge on any atom is 0.337 e. The molecule has 0 saturated carbocycles. The minimum Gasteiger partial charge on any atom is -0.465 e. The van der Waals surface area contributed by atoms with Crippen molar-refractivity contribution >= 4 is 21.9 Å². The monoisotopic (exact) mass is 270 g/mol. The molecule has 2 nitrogen and oxygen atoms in total. The molecule has 1 rings (SSSR count). The van der Waals surface area contributed by atoms with E-state index in [1.807, 2.05) is 12.1 Å². The smallest absolute Gasteiger partial charge is 0.337 e. The van der Waals surface area contributed by atoms with E-state index in [9.17, 15) is 4.79 Å². The fraction of sp³-hybridized carbons (Fsp3) is 0.417. The van der Waals surface area contributed by atoms with Crippen LogP contribution in [0.2, 0.25) is 0 Å². The van der Waals surface area contributed by atoms with Crippen molar-refractivity contribution in [2.24, 2.45) is 0 Å². The Balaban J connectivity index is 3.23. The molecule has 0 aliphatic rings. The first-order chi connectivity index (χ1) is 6.84. The fourth-order valence-electron chi connectivity index (χ4n) is 1.26. The highest BCUT2D eigenvalue weighted by atomic mass is 79.9. The van der Waals surface area contributed by atoms with Crippen LogP contribution in [0.25, 0.3) is 0 Å². The lowest BCUT2D eigenvalue weighted by molar-refractivity contribution is 0.0600. The summed E-state index contributed by atoms with van der Waals surface area (Å²) in [5.74, 6) is -0.304. The van der Waals surface area contributed by atoms with Crippen LogP contribution in [0.4, 0.5) is 0 Å². The standard InChI is InChI=1S/C12H15BrO2/c1-12(2,3)9-5-8(11(14)15-4)6-10(13)7-9/h5-7H,1-4H3. The number of hydrogen-bond donors (Lipinski definition) is 0. The van der Waals surface area contributed by atoms with Gasteiger partial charge in [0.15, 0.2) is 0 Å². The molecule has 0 aromatic heterocycles. The van der Waals surface area contributed by atoms with Crippen LogP contribution in [0.1, 0.15) is 36.7 Å². The number of benzene rings is 1. The largest absolute Gasteiger partial charge is 0.465 e. The minimum atomic E-state index is -0.304. The summed E-state index contributed by atoms with van der Waals surface area (Å²) in [6.45, 7) is 6.32. The lowest BCUT2D eigenvalue weighted by Gasteiger charge is -2.20. The molecule has 1 aromatic carbocycles. The highest BCUT2D eigenvalue weighted by molar-refractivity contribution is 9.10. The Labute approximate surface area is 98.8 Å². The summed E-state index contributed by atoms with van der Waals surface area (Å²) in [5, 5.41) is 0. The third kappa shape index (κ3) is 3.06. The average molecular weight is 271 g/mol. The van der Waals surface area contributed by atoms with Crippen molar-refractivity contribution in [3.63, 3.8) is 0 Å². The van der Waals surface area contributed by atoms with E-state index in [0.29, 0.717) is 5.56 Å². The number of methoxy groups -OCH3 is 1. The van der Waals surface area contributed by atoms with E-state index < -0.39 is 0 Å². The molecule has 0 heterocycles. The predicted octanol–water partition coefficient (Wildman–Crippen LogP) is 3.53. The maximum absolute atomic E-state index is 11.4. The van der Waals surface area contributed by atoms with Gasteiger partial charge < -0.3 is 4.74 Å². The number of esters is 1. The molecule has 0 radical (unpaired) electrons. The van der Waals surface area contributed by atoms with Crippen molar-refractivity contribution in [1.29, 1.82) is 0 Å². The van der Waals surface area contributed by atoms with E-state index in [1.54, 1.807) is 6.07 Å². The Kier molecular flexibility index (Phi) is 3.55. The first-order valence-corrected chi connectivity index (χ1v) is 5.53. The SMILES string of the molecule is COC(=O)c1cc(Br)cc(C(C)(C)C)c1. The average Bonchev–Trinajstić information content (AvgIpc) is 2.14. The Hall–Kier alpha value is -0.830. The second kappa shape index (κ2) is 4.35. The van der Waals surface area contributed by atoms with Crippen molar-refractivity contribution in [3.8, 4) is 0 Å². The van der Waals surface area contributed by atoms with Gasteiger partial charge in [0.25, 0.3) is 0 Å². The van der Waals surface area contributed by atoms with Crippen molar-refractivity contribution in [1.82, 2.24) is 0 Å². The van der Waals surface area contributed by atoms with Gasteiger partial charge in [0, 0.05) is 4.47 Å². The second-order valence-electron chi connectivity index (χ2n) is 4.47. The zero-order valence-electron chi connectivity index (χ0n) is 9.43. The zero-order chi connectivity index (χ0) is 11.6. The molecule has 0 unspecified atom stereocenters. The van der Waals surface area contributed by atoms with Crippen molar-refractivity contribution in [2.45, 2.75) is 26.2 Å². The Morgan fingerprint density at radius 2 is 1.87 bits per heavy atom. The van der Waals surface area contributed by atoms with Crippen LogP contribution in [0.5, 0.6) is 0 Å². The number of hydrogen-bond acceptors (Lipinski definition) is 2. The summed E-state index contributed by atoms with van der Waals surface area (Å²) >= 11 is 3.40. The highest BCUT2D eigenvalue weighted by Gasteiger charge is 2.17. The van der Waals surface area contributed by atoms with Crippen LogP contribution in [0.3, 0.4) is 0 Å². The molecular weight excluding hydrogens is 256 g/mol. The quantitative estimate of drug-likeness (QED) is 0.730. The summed E-state index contributed by atoms with van der Waals surface area (Å²) in [5.41, 5.74) is 1.71. The Bertz CT molecular complexity index is 378. The molecule has 0 N–H and O–H groups in total. The van der Waals surface area contributed by atoms with Gasteiger partial charge in [-0.05, 0) is 29.2 Å². The van der Waals surface area contributed by atoms with Crippen LogP contribution in [-0.2, 0) is 10.2 Å². The van der Waals surface area contributed by atoms with Gasteiger partial charge in [-0.1, -0.05) is 36.7 Å². The molecule has 0 aliphatic heterocycles. The topological polar surface area (TPSA) is 26.3 Å². The third-order valence-corrected chi connectivity index (χ3v) is 2.64. The van der Waals surface area contributed by atoms with Crippen LogP contribution in [0, 0.1) is 0 Å². The molecule has 0 bridgehead atoms. The summed E-state index contributed by atoms with van der Waals surface area (Å²) < 4.78 is 5.60. The number of carbonyl (C=O) groups is 1. The summed E-state index contributed by atoms with van der Waals surface area (Å²) in [4.78, 5) is 11.4. The summed E-state index contributed by atoms with van der Waals surface area (Å²) in [7, 11) is 1.39. The van der Waals surface area contributed by atoms with Gasteiger partial charge in [0.05, 0.1) is 12.7 Å². The molecular formula is C12H15BrO2. The van der Waals surface area contributed by atoms with Gasteiger partial charge in [-0.25, -0.2) is 4.79 Å². The molecule has 0 fully saturated rings. The predicted molar refractivity (Wildman–Crippen MR) is 64.2 cm³/mol. The fourth-order valence-corrected chi connectivity index (χ4v) is 1.75. The van der Waals surface area contributed by atoms with Gasteiger partial charge in [-0.2, -0.15) is 0 Å². The lowest BCUT2D eigenvalue weighted by atomic mass is 9.86. The molecule has 3 heteroatoms. The van der Waals surface area contributed by atoms with Crippen LogP contribution in [-0.4, -0.2) is 13.1 Å². The zero-order valence-corrected chi connectivity index (χ0v) is 11.0. The van der Waals surface area contributed by atoms with Gasteiger partial charge >= 0.3 is 5.97 Å². The normalized spacial score (nSPS) is 11.3. The van der Waals surface area contributed by atoms with E-state index in [0.717, 1.165) is 10.0 Å². The molecule has 0 aliphatic carbocycles. The van der Waals surface area contributed by atoms with E-state index in [4.69, 9.17) is 4.74 Å². The number of ether oxygens (including phenoxy) is 1. The molecule has 82 valence electrons. The first-order valence-electron chi connectivity index (χ1n) is 4.74. The third-order valence-electron chi connectivity index (χ3n) is 2.18. The van der Waals surface area contributed by atoms with E-state index >= 15 is 0 Å². The Morgan fingerprint density at radius 3 is 2.33 bits per heavy atom. The molecule has 1 aromatic rings. The van der Waals surface area contributed by atoms with Crippen molar-refractivity contribution < 1.29 is 9.53 Å². The highest BCUT2D eigenvalue weighted by Crippen LogP contribution is 2.26. The molecule has 0 atom stereocenters. The number of halogens is 1. The molecule has 15 heavy (non-hydrogen) atoms. The number of rotatable bonds is 1. The van der Waals surface area contributed by atoms with Crippen molar-refractivity contribution in [3.05, 3.63) is 33.8 Å². The Morgan fingerprint density at radius 1 is 1.27 bits per heavy atom. The van der Waals surface area contributed by atoms with E-state index in [2.05, 4.69) is 36.7 Å². The van der Waals surface area contributed by atoms with Crippen molar-refractivity contribution in [2.75, 3.05) is 7.11 Å². The van der Waals surface area contributed by atoms with Crippen LogP contribution in [0.15, 0.2) is 22.7 Å². The summed E-state index contributed by atoms with van der Waals surface area (Å²) in [6.07, 6.45) is 0. The van der Waals surface area contributed by atoms with Gasteiger partial charge in [-0.3, -0.25) is 0 Å². The summed E-state index contributed by atoms with van der Waals surface area (Å²) in [6, 6.07) is 5.66. The van der Waals surface area contributed by atoms with E-state index in [-0.39, 0.29) is 11.4 Å². The van der Waals surface area contributed by atoms with Crippen LogP contribution < -0.4 is 0 Å². The van der Waals surface area contributed by atoms with Crippen LogP contribution >= 0.6 is 15.9 Å². The van der Waals surface area contributed by atoms with Gasteiger partial charge in [0.1, 0.15) is 0 Å². The molecule has 0 spiro atoms. The van der Waals surface area contributed by atoms with Gasteiger partial charge in [-0.15, -0.1) is 0 Å². The lowest BCUT2D eigenvalue weighted by Crippen LogP contribution is -2.13. The van der Waals surface area contributed by atoms with E-state index in [1.165, 1.54) is 7.11 Å².